The summed E-state index contributed by atoms with van der Waals surface area (Å²) < 4.78 is 6.83. The number of benzene rings is 1. The molecule has 3 N–H and O–H groups in total. The minimum atomic E-state index is -0.880. The molecule has 2 aromatic heterocycles. The van der Waals surface area contributed by atoms with E-state index in [1.54, 1.807) is 13.8 Å². The van der Waals surface area contributed by atoms with Crippen molar-refractivity contribution in [2.24, 2.45) is 7.05 Å². The molecule has 0 radical (unpaired) electrons. The van der Waals surface area contributed by atoms with Crippen molar-refractivity contribution in [1.82, 2.24) is 24.8 Å². The lowest BCUT2D eigenvalue weighted by molar-refractivity contribution is 0.0898. The normalized spacial score (nSPS) is 11.5. The number of fused-ring (bicyclic) bond motifs is 1. The number of hydrogen-bond acceptors (Lipinski definition) is 5. The lowest BCUT2D eigenvalue weighted by Crippen LogP contribution is -2.44. The number of H-pyrrole nitrogens is 2. The van der Waals surface area contributed by atoms with Gasteiger partial charge in [-0.1, -0.05) is 12.1 Å². The van der Waals surface area contributed by atoms with Gasteiger partial charge in [0.25, 0.3) is 11.5 Å². The lowest BCUT2D eigenvalue weighted by Gasteiger charge is -2.26. The van der Waals surface area contributed by atoms with Crippen LogP contribution in [0.15, 0.2) is 33.9 Å². The number of nitrogens with one attached hydrogen (secondary N) is 3. The van der Waals surface area contributed by atoms with Crippen molar-refractivity contribution in [3.8, 4) is 5.75 Å². The average molecular weight is 357 g/mol. The van der Waals surface area contributed by atoms with Gasteiger partial charge >= 0.3 is 5.69 Å². The molecule has 1 amide bonds. The van der Waals surface area contributed by atoms with E-state index in [-0.39, 0.29) is 11.4 Å². The molecule has 136 valence electrons. The van der Waals surface area contributed by atoms with E-state index in [1.165, 1.54) is 7.11 Å². The summed E-state index contributed by atoms with van der Waals surface area (Å²) in [4.78, 5) is 44.9. The average Bonchev–Trinajstić information content (AvgIpc) is 2.92. The standard InChI is InChI=1S/C17H19N5O4/c1-17(2,15-18-9-7-5-6-8-10(9)22(15)3)21-13(23)11-12(26-4)14(24)20-16(25)19-11/h5-8H,1-4H3,(H,21,23)(H2,19,20,24,25). The quantitative estimate of drug-likeness (QED) is 0.632. The monoisotopic (exact) mass is 357 g/mol. The molecule has 0 unspecified atom stereocenters. The van der Waals surface area contributed by atoms with Crippen LogP contribution in [0.3, 0.4) is 0 Å². The van der Waals surface area contributed by atoms with Crippen LogP contribution in [0, 0.1) is 0 Å². The van der Waals surface area contributed by atoms with E-state index >= 15 is 0 Å². The highest BCUT2D eigenvalue weighted by molar-refractivity contribution is 5.95. The van der Waals surface area contributed by atoms with Gasteiger partial charge in [-0.15, -0.1) is 0 Å². The number of aryl methyl sites for hydroxylation is 1. The van der Waals surface area contributed by atoms with Crippen LogP contribution in [-0.4, -0.2) is 32.5 Å². The van der Waals surface area contributed by atoms with Crippen molar-refractivity contribution in [3.05, 3.63) is 56.6 Å². The summed E-state index contributed by atoms with van der Waals surface area (Å²) >= 11 is 0. The summed E-state index contributed by atoms with van der Waals surface area (Å²) in [5, 5.41) is 2.79. The topological polar surface area (TPSA) is 122 Å². The van der Waals surface area contributed by atoms with Crippen molar-refractivity contribution in [2.75, 3.05) is 7.11 Å². The molecule has 0 atom stereocenters. The first-order valence-corrected chi connectivity index (χ1v) is 7.89. The summed E-state index contributed by atoms with van der Waals surface area (Å²) in [6.07, 6.45) is 0. The van der Waals surface area contributed by atoms with Gasteiger partial charge in [0.2, 0.25) is 5.75 Å². The molecule has 0 bridgehead atoms. The molecule has 0 fully saturated rings. The highest BCUT2D eigenvalue weighted by atomic mass is 16.5. The molecule has 2 heterocycles. The number of aromatic amines is 2. The Morgan fingerprint density at radius 2 is 1.92 bits per heavy atom. The number of methoxy groups -OCH3 is 1. The van der Waals surface area contributed by atoms with E-state index in [1.807, 2.05) is 40.9 Å². The van der Waals surface area contributed by atoms with Crippen LogP contribution in [0.25, 0.3) is 11.0 Å². The summed E-state index contributed by atoms with van der Waals surface area (Å²) in [7, 11) is 3.10. The van der Waals surface area contributed by atoms with Crippen LogP contribution in [0.5, 0.6) is 5.75 Å². The third kappa shape index (κ3) is 2.87. The van der Waals surface area contributed by atoms with Crippen molar-refractivity contribution >= 4 is 16.9 Å². The molecule has 0 aliphatic heterocycles. The number of hydrogen-bond donors (Lipinski definition) is 3. The van der Waals surface area contributed by atoms with Crippen LogP contribution in [-0.2, 0) is 12.6 Å². The van der Waals surface area contributed by atoms with Crippen molar-refractivity contribution < 1.29 is 9.53 Å². The fourth-order valence-corrected chi connectivity index (χ4v) is 2.94. The van der Waals surface area contributed by atoms with Gasteiger partial charge in [-0.25, -0.2) is 9.78 Å². The Labute approximate surface area is 148 Å². The molecule has 3 rings (SSSR count). The summed E-state index contributed by atoms with van der Waals surface area (Å²) in [6, 6.07) is 7.61. The number of aromatic nitrogens is 4. The largest absolute Gasteiger partial charge is 0.489 e. The van der Waals surface area contributed by atoms with Gasteiger partial charge in [0.1, 0.15) is 5.82 Å². The minimum Gasteiger partial charge on any atom is -0.489 e. The second kappa shape index (κ2) is 6.17. The van der Waals surface area contributed by atoms with Crippen LogP contribution >= 0.6 is 0 Å². The number of carbonyl (C=O) groups is 1. The molecule has 26 heavy (non-hydrogen) atoms. The second-order valence-electron chi connectivity index (χ2n) is 6.38. The van der Waals surface area contributed by atoms with E-state index in [0.717, 1.165) is 11.0 Å². The van der Waals surface area contributed by atoms with Crippen LogP contribution in [0.4, 0.5) is 0 Å². The first kappa shape index (κ1) is 17.5. The van der Waals surface area contributed by atoms with Gasteiger partial charge < -0.3 is 14.6 Å². The smallest absolute Gasteiger partial charge is 0.326 e. The highest BCUT2D eigenvalue weighted by Crippen LogP contribution is 2.24. The Morgan fingerprint density at radius 1 is 1.23 bits per heavy atom. The molecule has 0 spiro atoms. The molecule has 0 aliphatic carbocycles. The van der Waals surface area contributed by atoms with Crippen molar-refractivity contribution in [1.29, 1.82) is 0 Å². The Bertz CT molecular complexity index is 1110. The Morgan fingerprint density at radius 3 is 2.58 bits per heavy atom. The van der Waals surface area contributed by atoms with Gasteiger partial charge in [0.05, 0.1) is 23.7 Å². The van der Waals surface area contributed by atoms with Gasteiger partial charge in [-0.05, 0) is 26.0 Å². The van der Waals surface area contributed by atoms with Crippen LogP contribution in [0.1, 0.15) is 30.2 Å². The van der Waals surface area contributed by atoms with E-state index in [2.05, 4.69) is 15.3 Å². The molecule has 0 saturated heterocycles. The minimum absolute atomic E-state index is 0.243. The molecule has 9 nitrogen and oxygen atoms in total. The van der Waals surface area contributed by atoms with E-state index in [9.17, 15) is 14.4 Å². The predicted octanol–water partition coefficient (Wildman–Crippen LogP) is 0.624. The zero-order chi connectivity index (χ0) is 19.1. The number of ether oxygens (including phenoxy) is 1. The SMILES string of the molecule is COc1c(C(=O)NC(C)(C)c2nc3ccccc3n2C)[nH]c(=O)[nH]c1=O. The summed E-state index contributed by atoms with van der Waals surface area (Å²) in [5.41, 5.74) is -0.965. The predicted molar refractivity (Wildman–Crippen MR) is 95.4 cm³/mol. The van der Waals surface area contributed by atoms with Crippen LogP contribution in [0.2, 0.25) is 0 Å². The Hall–Kier alpha value is -3.36. The molecule has 0 saturated carbocycles. The van der Waals surface area contributed by atoms with E-state index < -0.39 is 22.7 Å². The zero-order valence-electron chi connectivity index (χ0n) is 14.8. The number of para-hydroxylation sites is 2. The third-order valence-corrected chi connectivity index (χ3v) is 4.10. The maximum Gasteiger partial charge on any atom is 0.326 e. The number of carbonyl (C=O) groups excluding carboxylic acids is 1. The lowest BCUT2D eigenvalue weighted by atomic mass is 10.0. The van der Waals surface area contributed by atoms with Gasteiger partial charge in [-0.3, -0.25) is 19.6 Å². The molecule has 1 aromatic carbocycles. The first-order chi connectivity index (χ1) is 12.2. The fraction of sp³-hybridized carbons (Fsp3) is 0.294. The first-order valence-electron chi connectivity index (χ1n) is 7.89. The van der Waals surface area contributed by atoms with Crippen molar-refractivity contribution in [2.45, 2.75) is 19.4 Å². The third-order valence-electron chi connectivity index (χ3n) is 4.10. The van der Waals surface area contributed by atoms with Crippen LogP contribution < -0.4 is 21.3 Å². The zero-order valence-corrected chi connectivity index (χ0v) is 14.8. The highest BCUT2D eigenvalue weighted by Gasteiger charge is 2.30. The number of amides is 1. The Kier molecular flexibility index (Phi) is 4.15. The van der Waals surface area contributed by atoms with Gasteiger partial charge in [-0.2, -0.15) is 0 Å². The summed E-state index contributed by atoms with van der Waals surface area (Å²) in [6.45, 7) is 3.56. The van der Waals surface area contributed by atoms with E-state index in [0.29, 0.717) is 5.82 Å². The van der Waals surface area contributed by atoms with E-state index in [4.69, 9.17) is 4.74 Å². The molecule has 9 heteroatoms. The Balaban J connectivity index is 2.02. The van der Waals surface area contributed by atoms with Crippen molar-refractivity contribution in [3.63, 3.8) is 0 Å². The maximum absolute atomic E-state index is 12.7. The number of nitrogens with zero attached hydrogens (tertiary/aromatic N) is 2. The number of imidazole rings is 1. The fourth-order valence-electron chi connectivity index (χ4n) is 2.94. The molecule has 3 aromatic rings. The van der Waals surface area contributed by atoms with Gasteiger partial charge in [0.15, 0.2) is 5.69 Å². The molecule has 0 aliphatic rings. The number of rotatable bonds is 4. The van der Waals surface area contributed by atoms with Gasteiger partial charge in [0, 0.05) is 7.05 Å². The summed E-state index contributed by atoms with van der Waals surface area (Å²) in [5.74, 6) is -0.289. The molecular weight excluding hydrogens is 338 g/mol. The second-order valence-corrected chi connectivity index (χ2v) is 6.38. The molecular formula is C17H19N5O4. The maximum atomic E-state index is 12.7.